The van der Waals surface area contributed by atoms with Crippen LogP contribution < -0.4 is 25.4 Å². The van der Waals surface area contributed by atoms with Crippen LogP contribution in [0.3, 0.4) is 0 Å². The van der Waals surface area contributed by atoms with Gasteiger partial charge in [0.1, 0.15) is 11.5 Å². The predicted octanol–water partition coefficient (Wildman–Crippen LogP) is 20.7. The number of halogens is 1. The Morgan fingerprint density at radius 1 is 0.337 bits per heavy atom. The van der Waals surface area contributed by atoms with E-state index in [2.05, 4.69) is 210 Å². The van der Waals surface area contributed by atoms with E-state index in [9.17, 15) is 0 Å². The molecule has 0 unspecified atom stereocenters. The first-order valence-corrected chi connectivity index (χ1v) is 32.6. The molecular weight excluding hydrogens is 1260 g/mol. The highest BCUT2D eigenvalue weighted by Crippen LogP contribution is 2.35. The summed E-state index contributed by atoms with van der Waals surface area (Å²) < 4.78 is 17.2. The molecule has 0 aromatic heterocycles. The van der Waals surface area contributed by atoms with Crippen LogP contribution in [0.5, 0.6) is 11.5 Å². The summed E-state index contributed by atoms with van der Waals surface area (Å²) in [5, 5.41) is 3.97. The van der Waals surface area contributed by atoms with Gasteiger partial charge in [0.2, 0.25) is 0 Å². The van der Waals surface area contributed by atoms with E-state index in [1.165, 1.54) is 28.8 Å². The second-order valence-electron chi connectivity index (χ2n) is 17.3. The van der Waals surface area contributed by atoms with Crippen LogP contribution in [-0.2, 0) is 4.74 Å². The minimum absolute atomic E-state index is 0.592. The Morgan fingerprint density at radius 3 is 0.819 bits per heavy atom. The quantitative estimate of drug-likeness (QED) is 0.0547. The first-order chi connectivity index (χ1) is 40.4. The van der Waals surface area contributed by atoms with Crippen molar-refractivity contribution in [3.05, 3.63) is 284 Å². The van der Waals surface area contributed by atoms with E-state index in [4.69, 9.17) is 14.2 Å². The molecule has 0 N–H and O–H groups in total. The minimum atomic E-state index is -0.592. The Morgan fingerprint density at radius 2 is 0.602 bits per heavy atom. The maximum absolute atomic E-state index is 5.76. The topological polar surface area (TPSA) is 27.7 Å². The first-order valence-electron chi connectivity index (χ1n) is 26.9. The van der Waals surface area contributed by atoms with E-state index >= 15 is 0 Å². The lowest BCUT2D eigenvalue weighted by Gasteiger charge is -2.20. The summed E-state index contributed by atoms with van der Waals surface area (Å²) in [5.41, 5.74) is 0. The normalized spacial score (nSPS) is 10.4. The summed E-state index contributed by atoms with van der Waals surface area (Å²) in [6.07, 6.45) is 4.57. The van der Waals surface area contributed by atoms with E-state index in [0.29, 0.717) is 0 Å². The highest BCUT2D eigenvalue weighted by Gasteiger charge is 2.17. The first kappa shape index (κ1) is 72.7. The summed E-state index contributed by atoms with van der Waals surface area (Å²) in [4.78, 5) is 7.87. The van der Waals surface area contributed by atoms with Gasteiger partial charge < -0.3 is 14.2 Å². The summed E-state index contributed by atoms with van der Waals surface area (Å²) >= 11 is 36.8. The standard InChI is InChI=1S/C21H21OPS.C9H11BrOS.6C6H6S.C4H8O/c1-2-15-22-20-14-13-19(16-21(20)24)23(17-9-5-3-6-10-17)18-11-7-4-8-12-18;1-2-5-11-8-4-3-7(10)6-9(8)12;6*7-6-4-2-1-3-5-6;1-2-4-5-3-1/h3-14,16,24H,2,15H2,1H3;3-4,6,12H,2,5H2,1H3;6*1-5,7H;1-4H2. The van der Waals surface area contributed by atoms with Crippen LogP contribution in [0.4, 0.5) is 0 Å². The second-order valence-corrected chi connectivity index (χ2v) is 24.5. The Balaban J connectivity index is 0.000000261. The van der Waals surface area contributed by atoms with Crippen molar-refractivity contribution < 1.29 is 14.2 Å². The molecule has 1 aliphatic rings. The summed E-state index contributed by atoms with van der Waals surface area (Å²) in [6, 6.07) is 92.3. The Kier molecular flexibility index (Phi) is 41.8. The molecule has 0 amide bonds. The number of benzene rings is 10. The number of thiol groups is 8. The molecule has 11 rings (SSSR count). The summed E-state index contributed by atoms with van der Waals surface area (Å²) in [6.45, 7) is 7.65. The van der Waals surface area contributed by atoms with Gasteiger partial charge in [-0.2, -0.15) is 0 Å². The highest BCUT2D eigenvalue weighted by atomic mass is 79.9. The van der Waals surface area contributed by atoms with Crippen LogP contribution >= 0.6 is 125 Å². The molecule has 0 saturated carbocycles. The van der Waals surface area contributed by atoms with Crippen molar-refractivity contribution in [3.8, 4) is 11.5 Å². The summed E-state index contributed by atoms with van der Waals surface area (Å²) in [5.74, 6) is 1.71. The molecule has 0 bridgehead atoms. The van der Waals surface area contributed by atoms with E-state index in [1.807, 2.05) is 200 Å². The number of hydrogen-bond donors (Lipinski definition) is 8. The molecule has 3 nitrogen and oxygen atoms in total. The van der Waals surface area contributed by atoms with Gasteiger partial charge in [0.25, 0.3) is 0 Å². The fraction of sp³-hybridized carbons (Fsp3) is 0.143. The molecule has 13 heteroatoms. The molecule has 1 aliphatic heterocycles. The second kappa shape index (κ2) is 47.7. The van der Waals surface area contributed by atoms with E-state index in [-0.39, 0.29) is 0 Å². The van der Waals surface area contributed by atoms with Crippen molar-refractivity contribution >= 4 is 141 Å². The third kappa shape index (κ3) is 36.2. The molecule has 434 valence electrons. The van der Waals surface area contributed by atoms with Crippen molar-refractivity contribution in [1.82, 2.24) is 0 Å². The lowest BCUT2D eigenvalue weighted by atomic mass is 10.3. The maximum atomic E-state index is 5.76. The zero-order valence-corrected chi connectivity index (χ0v) is 56.5. The molecule has 0 spiro atoms. The molecule has 0 atom stereocenters. The third-order valence-electron chi connectivity index (χ3n) is 10.4. The van der Waals surface area contributed by atoms with Crippen LogP contribution in [0, 0.1) is 0 Å². The van der Waals surface area contributed by atoms with Gasteiger partial charge in [-0.05, 0) is 153 Å². The van der Waals surface area contributed by atoms with Crippen molar-refractivity contribution in [2.24, 2.45) is 0 Å². The lowest BCUT2D eigenvalue weighted by Crippen LogP contribution is -2.20. The maximum Gasteiger partial charge on any atom is 0.132 e. The van der Waals surface area contributed by atoms with Crippen LogP contribution in [0.15, 0.2) is 323 Å². The van der Waals surface area contributed by atoms with Gasteiger partial charge in [-0.3, -0.25) is 0 Å². The van der Waals surface area contributed by atoms with Crippen molar-refractivity contribution in [3.63, 3.8) is 0 Å². The fourth-order valence-electron chi connectivity index (χ4n) is 6.48. The predicted molar refractivity (Wildman–Crippen MR) is 388 cm³/mol. The van der Waals surface area contributed by atoms with Gasteiger partial charge in [-0.1, -0.05) is 206 Å². The highest BCUT2D eigenvalue weighted by molar-refractivity contribution is 9.10. The van der Waals surface area contributed by atoms with Gasteiger partial charge in [0, 0.05) is 56.9 Å². The Bertz CT molecular complexity index is 2770. The smallest absolute Gasteiger partial charge is 0.132 e. The summed E-state index contributed by atoms with van der Waals surface area (Å²) in [7, 11) is -0.592. The van der Waals surface area contributed by atoms with E-state index in [1.54, 1.807) is 0 Å². The average molecular weight is 1330 g/mol. The average Bonchev–Trinajstić information content (AvgIpc) is 4.26. The SMILES string of the molecule is C1CCOC1.CCCOc1ccc(Br)cc1S.CCCOc1ccc(P(c2ccccc2)c2ccccc2)cc1S.Sc1ccccc1.Sc1ccccc1.Sc1ccccc1.Sc1ccccc1.Sc1ccccc1.Sc1ccccc1. The third-order valence-corrected chi connectivity index (χ3v) is 15.8. The molecule has 1 heterocycles. The molecule has 10 aromatic rings. The zero-order chi connectivity index (χ0) is 60.0. The van der Waals surface area contributed by atoms with Crippen LogP contribution in [-0.4, -0.2) is 26.4 Å². The number of hydrogen-bond acceptors (Lipinski definition) is 11. The van der Waals surface area contributed by atoms with Gasteiger partial charge in [0.15, 0.2) is 0 Å². The van der Waals surface area contributed by atoms with Crippen molar-refractivity contribution in [1.29, 1.82) is 0 Å². The van der Waals surface area contributed by atoms with Crippen LogP contribution in [0.1, 0.15) is 39.5 Å². The molecule has 10 aromatic carbocycles. The monoisotopic (exact) mass is 1330 g/mol. The van der Waals surface area contributed by atoms with Gasteiger partial charge in [-0.15, -0.1) is 101 Å². The fourth-order valence-corrected chi connectivity index (χ4v) is 11.0. The molecule has 0 radical (unpaired) electrons. The van der Waals surface area contributed by atoms with Gasteiger partial charge in [-0.25, -0.2) is 0 Å². The molecule has 0 aliphatic carbocycles. The molecule has 1 fully saturated rings. The molecular formula is C70H76BrO3PS8. The van der Waals surface area contributed by atoms with E-state index in [0.717, 1.165) is 94.4 Å². The van der Waals surface area contributed by atoms with Crippen LogP contribution in [0.2, 0.25) is 0 Å². The number of ether oxygens (including phenoxy) is 3. The molecule has 83 heavy (non-hydrogen) atoms. The van der Waals surface area contributed by atoms with Crippen molar-refractivity contribution in [2.45, 2.75) is 78.7 Å². The Labute approximate surface area is 550 Å². The van der Waals surface area contributed by atoms with E-state index < -0.39 is 7.92 Å². The lowest BCUT2D eigenvalue weighted by molar-refractivity contribution is 0.198. The van der Waals surface area contributed by atoms with Gasteiger partial charge >= 0.3 is 0 Å². The van der Waals surface area contributed by atoms with Crippen LogP contribution in [0.25, 0.3) is 0 Å². The molecule has 1 saturated heterocycles. The zero-order valence-electron chi connectivity index (χ0n) is 46.8. The Hall–Kier alpha value is -4.53. The minimum Gasteiger partial charge on any atom is -0.492 e. The van der Waals surface area contributed by atoms with Gasteiger partial charge in [0.05, 0.1) is 13.2 Å². The largest absolute Gasteiger partial charge is 0.492 e. The van der Waals surface area contributed by atoms with Crippen molar-refractivity contribution in [2.75, 3.05) is 26.4 Å². The number of rotatable bonds is 9.